The normalized spacial score (nSPS) is 27.6. The first-order valence-corrected chi connectivity index (χ1v) is 5.47. The van der Waals surface area contributed by atoms with Crippen LogP contribution >= 0.6 is 0 Å². The topological polar surface area (TPSA) is 27.1 Å². The summed E-state index contributed by atoms with van der Waals surface area (Å²) in [6.45, 7) is 5.82. The fraction of sp³-hybridized carbons (Fsp3) is 0.583. The molecular weight excluding hydrogens is 172 g/mol. The smallest absolute Gasteiger partial charge is 0.0247 e. The summed E-state index contributed by atoms with van der Waals surface area (Å²) >= 11 is 0. The highest BCUT2D eigenvalue weighted by Gasteiger charge is 2.24. The van der Waals surface area contributed by atoms with E-state index < -0.39 is 0 Å². The van der Waals surface area contributed by atoms with Crippen molar-refractivity contribution in [3.05, 3.63) is 23.3 Å². The van der Waals surface area contributed by atoms with Gasteiger partial charge in [-0.1, -0.05) is 24.6 Å². The Kier molecular flexibility index (Phi) is 2.82. The Labute approximate surface area is 85.8 Å². The maximum absolute atomic E-state index is 7.23. The molecule has 1 saturated heterocycles. The van der Waals surface area contributed by atoms with Crippen LogP contribution < -0.4 is 0 Å². The molecule has 1 fully saturated rings. The van der Waals surface area contributed by atoms with Crippen molar-refractivity contribution in [2.24, 2.45) is 5.92 Å². The second-order valence-corrected chi connectivity index (χ2v) is 4.14. The molecule has 1 heterocycles. The van der Waals surface area contributed by atoms with Gasteiger partial charge in [0, 0.05) is 19.3 Å². The lowest BCUT2D eigenvalue weighted by molar-refractivity contribution is 0.223. The lowest BCUT2D eigenvalue weighted by Crippen LogP contribution is -2.37. The molecule has 2 nitrogen and oxygen atoms in total. The molecule has 1 N–H and O–H groups in total. The zero-order valence-electron chi connectivity index (χ0n) is 8.79. The van der Waals surface area contributed by atoms with Gasteiger partial charge in [0.2, 0.25) is 0 Å². The largest absolute Gasteiger partial charge is 0.308 e. The highest BCUT2D eigenvalue weighted by atomic mass is 15.1. The highest BCUT2D eigenvalue weighted by Crippen LogP contribution is 2.30. The molecule has 0 aromatic carbocycles. The second kappa shape index (κ2) is 4.09. The molecular formula is C12H18N2. The monoisotopic (exact) mass is 190 g/mol. The lowest BCUT2D eigenvalue weighted by Gasteiger charge is -2.35. The van der Waals surface area contributed by atoms with Gasteiger partial charge in [-0.15, -0.1) is 0 Å². The molecule has 1 atom stereocenters. The molecule has 0 aromatic rings. The Bertz CT molecular complexity index is 289. The SMILES string of the molecule is CCN1CCC2=CC(C=N)=CCC2C1. The van der Waals surface area contributed by atoms with Gasteiger partial charge in [0.25, 0.3) is 0 Å². The predicted molar refractivity (Wildman–Crippen MR) is 59.8 cm³/mol. The molecule has 2 heteroatoms. The van der Waals surface area contributed by atoms with Crippen molar-refractivity contribution >= 4 is 6.21 Å². The van der Waals surface area contributed by atoms with Gasteiger partial charge in [0.15, 0.2) is 0 Å². The van der Waals surface area contributed by atoms with Gasteiger partial charge in [0.05, 0.1) is 0 Å². The fourth-order valence-electron chi connectivity index (χ4n) is 2.37. The molecule has 0 amide bonds. The predicted octanol–water partition coefficient (Wildman–Crippen LogP) is 2.23. The number of nitrogens with one attached hydrogen (secondary N) is 1. The molecule has 0 saturated carbocycles. The minimum atomic E-state index is 0.729. The van der Waals surface area contributed by atoms with Crippen molar-refractivity contribution in [3.63, 3.8) is 0 Å². The zero-order valence-corrected chi connectivity index (χ0v) is 8.79. The summed E-state index contributed by atoms with van der Waals surface area (Å²) in [6.07, 6.45) is 8.21. The van der Waals surface area contributed by atoms with Crippen molar-refractivity contribution in [1.29, 1.82) is 5.41 Å². The third-order valence-corrected chi connectivity index (χ3v) is 3.32. The van der Waals surface area contributed by atoms with Gasteiger partial charge in [-0.25, -0.2) is 0 Å². The number of fused-ring (bicyclic) bond motifs is 1. The maximum atomic E-state index is 7.23. The number of allylic oxidation sites excluding steroid dienone is 3. The number of piperidine rings is 1. The van der Waals surface area contributed by atoms with Crippen LogP contribution in [0, 0.1) is 11.3 Å². The van der Waals surface area contributed by atoms with Crippen molar-refractivity contribution in [3.8, 4) is 0 Å². The van der Waals surface area contributed by atoms with Gasteiger partial charge >= 0.3 is 0 Å². The van der Waals surface area contributed by atoms with E-state index in [1.165, 1.54) is 32.3 Å². The van der Waals surface area contributed by atoms with Crippen LogP contribution in [0.15, 0.2) is 23.3 Å². The number of hydrogen-bond donors (Lipinski definition) is 1. The van der Waals surface area contributed by atoms with E-state index in [9.17, 15) is 0 Å². The van der Waals surface area contributed by atoms with Gasteiger partial charge in [-0.3, -0.25) is 0 Å². The molecule has 14 heavy (non-hydrogen) atoms. The Morgan fingerprint density at radius 2 is 2.50 bits per heavy atom. The van der Waals surface area contributed by atoms with E-state index in [0.29, 0.717) is 0 Å². The minimum absolute atomic E-state index is 0.729. The number of nitrogens with zero attached hydrogens (tertiary/aromatic N) is 1. The average Bonchev–Trinajstić information content (AvgIpc) is 2.27. The van der Waals surface area contributed by atoms with E-state index in [1.807, 2.05) is 0 Å². The second-order valence-electron chi connectivity index (χ2n) is 4.14. The molecule has 1 unspecified atom stereocenters. The first kappa shape index (κ1) is 9.66. The Morgan fingerprint density at radius 1 is 1.64 bits per heavy atom. The summed E-state index contributed by atoms with van der Waals surface area (Å²) in [5.74, 6) is 0.729. The molecule has 2 aliphatic rings. The summed E-state index contributed by atoms with van der Waals surface area (Å²) in [4.78, 5) is 2.52. The van der Waals surface area contributed by atoms with Crippen LogP contribution in [0.1, 0.15) is 19.8 Å². The summed E-state index contributed by atoms with van der Waals surface area (Å²) < 4.78 is 0. The van der Waals surface area contributed by atoms with E-state index in [1.54, 1.807) is 5.57 Å². The molecule has 0 bridgehead atoms. The summed E-state index contributed by atoms with van der Waals surface area (Å²) in [6, 6.07) is 0. The van der Waals surface area contributed by atoms with Gasteiger partial charge < -0.3 is 10.3 Å². The standard InChI is InChI=1S/C12H18N2/c1-2-14-6-5-11-7-10(8-13)3-4-12(11)9-14/h3,7-8,12-13H,2,4-6,9H2,1H3. The van der Waals surface area contributed by atoms with E-state index in [-0.39, 0.29) is 0 Å². The quantitative estimate of drug-likeness (QED) is 0.664. The first-order chi connectivity index (χ1) is 6.83. The molecule has 1 aliphatic carbocycles. The third-order valence-electron chi connectivity index (χ3n) is 3.32. The Hall–Kier alpha value is -0.890. The molecule has 0 spiro atoms. The molecule has 0 aromatic heterocycles. The van der Waals surface area contributed by atoms with Crippen molar-refractivity contribution in [2.75, 3.05) is 19.6 Å². The maximum Gasteiger partial charge on any atom is 0.0247 e. The summed E-state index contributed by atoms with van der Waals surface area (Å²) in [5.41, 5.74) is 2.66. The van der Waals surface area contributed by atoms with E-state index >= 15 is 0 Å². The van der Waals surface area contributed by atoms with Crippen LogP contribution in [0.4, 0.5) is 0 Å². The van der Waals surface area contributed by atoms with Crippen LogP contribution in [0.5, 0.6) is 0 Å². The summed E-state index contributed by atoms with van der Waals surface area (Å²) in [5, 5.41) is 7.23. The average molecular weight is 190 g/mol. The number of hydrogen-bond acceptors (Lipinski definition) is 2. The Morgan fingerprint density at radius 3 is 3.21 bits per heavy atom. The van der Waals surface area contributed by atoms with Crippen LogP contribution in [0.3, 0.4) is 0 Å². The van der Waals surface area contributed by atoms with Crippen LogP contribution in [-0.4, -0.2) is 30.7 Å². The van der Waals surface area contributed by atoms with Crippen molar-refractivity contribution in [1.82, 2.24) is 4.90 Å². The third kappa shape index (κ3) is 1.80. The van der Waals surface area contributed by atoms with Gasteiger partial charge in [-0.2, -0.15) is 0 Å². The number of likely N-dealkylation sites (tertiary alicyclic amines) is 1. The Balaban J connectivity index is 2.08. The van der Waals surface area contributed by atoms with E-state index in [0.717, 1.165) is 17.9 Å². The molecule has 0 radical (unpaired) electrons. The van der Waals surface area contributed by atoms with Crippen LogP contribution in [0.2, 0.25) is 0 Å². The lowest BCUT2D eigenvalue weighted by atomic mass is 9.84. The van der Waals surface area contributed by atoms with Crippen LogP contribution in [0.25, 0.3) is 0 Å². The molecule has 2 rings (SSSR count). The molecule has 76 valence electrons. The van der Waals surface area contributed by atoms with Crippen molar-refractivity contribution in [2.45, 2.75) is 19.8 Å². The number of rotatable bonds is 2. The first-order valence-electron chi connectivity index (χ1n) is 5.47. The van der Waals surface area contributed by atoms with Gasteiger partial charge in [0.1, 0.15) is 0 Å². The van der Waals surface area contributed by atoms with Crippen molar-refractivity contribution < 1.29 is 0 Å². The van der Waals surface area contributed by atoms with E-state index in [4.69, 9.17) is 5.41 Å². The van der Waals surface area contributed by atoms with Gasteiger partial charge in [-0.05, 0) is 30.9 Å². The molecule has 1 aliphatic heterocycles. The zero-order chi connectivity index (χ0) is 9.97. The highest BCUT2D eigenvalue weighted by molar-refractivity contribution is 5.80. The van der Waals surface area contributed by atoms with Crippen LogP contribution in [-0.2, 0) is 0 Å². The fourth-order valence-corrected chi connectivity index (χ4v) is 2.37. The summed E-state index contributed by atoms with van der Waals surface area (Å²) in [7, 11) is 0. The minimum Gasteiger partial charge on any atom is -0.308 e. The van der Waals surface area contributed by atoms with E-state index in [2.05, 4.69) is 24.0 Å².